The van der Waals surface area contributed by atoms with E-state index >= 15 is 0 Å². The third-order valence-electron chi connectivity index (χ3n) is 4.01. The number of rotatable bonds is 4. The lowest BCUT2D eigenvalue weighted by Crippen LogP contribution is -2.50. The second kappa shape index (κ2) is 7.15. The SMILES string of the molecule is Cn1cncc1CCC(=O)N1CCCC[C@H]1C(=O)OC(C)(C)C. The van der Waals surface area contributed by atoms with Gasteiger partial charge in [-0.3, -0.25) is 4.79 Å². The molecular formula is C17H27N3O3. The third-order valence-corrected chi connectivity index (χ3v) is 4.01. The monoisotopic (exact) mass is 321 g/mol. The van der Waals surface area contributed by atoms with Crippen molar-refractivity contribution in [1.29, 1.82) is 0 Å². The van der Waals surface area contributed by atoms with Crippen LogP contribution in [-0.4, -0.2) is 44.5 Å². The first-order chi connectivity index (χ1) is 10.8. The maximum Gasteiger partial charge on any atom is 0.329 e. The van der Waals surface area contributed by atoms with Crippen LogP contribution in [0.25, 0.3) is 0 Å². The standard InChI is InChI=1S/C17H27N3O3/c1-17(2,3)23-16(22)14-7-5-6-10-20(14)15(21)9-8-13-11-18-12-19(13)4/h11-12,14H,5-10H2,1-4H3/t14-/m0/s1. The average molecular weight is 321 g/mol. The quantitative estimate of drug-likeness (QED) is 0.797. The van der Waals surface area contributed by atoms with Crippen LogP contribution in [0, 0.1) is 0 Å². The Labute approximate surface area is 137 Å². The lowest BCUT2D eigenvalue weighted by molar-refractivity contribution is -0.166. The third kappa shape index (κ3) is 4.81. The molecule has 2 rings (SSSR count). The van der Waals surface area contributed by atoms with Crippen molar-refractivity contribution in [2.45, 2.75) is 64.5 Å². The van der Waals surface area contributed by atoms with Gasteiger partial charge in [0, 0.05) is 31.9 Å². The van der Waals surface area contributed by atoms with Gasteiger partial charge in [-0.15, -0.1) is 0 Å². The summed E-state index contributed by atoms with van der Waals surface area (Å²) in [6, 6.07) is -0.443. The lowest BCUT2D eigenvalue weighted by Gasteiger charge is -2.35. The number of carbonyl (C=O) groups is 2. The summed E-state index contributed by atoms with van der Waals surface area (Å²) in [6.45, 7) is 6.18. The molecule has 23 heavy (non-hydrogen) atoms. The molecule has 6 heteroatoms. The van der Waals surface area contributed by atoms with Gasteiger partial charge in [0.2, 0.25) is 5.91 Å². The maximum absolute atomic E-state index is 12.6. The number of imidazole rings is 1. The van der Waals surface area contributed by atoms with Crippen LogP contribution in [0.2, 0.25) is 0 Å². The van der Waals surface area contributed by atoms with Crippen molar-refractivity contribution in [3.05, 3.63) is 18.2 Å². The summed E-state index contributed by atoms with van der Waals surface area (Å²) in [6.07, 6.45) is 7.10. The van der Waals surface area contributed by atoms with Crippen molar-refractivity contribution in [3.8, 4) is 0 Å². The van der Waals surface area contributed by atoms with Gasteiger partial charge < -0.3 is 14.2 Å². The Morgan fingerprint density at radius 3 is 2.70 bits per heavy atom. The molecule has 1 amide bonds. The molecule has 1 aromatic rings. The van der Waals surface area contributed by atoms with E-state index in [1.807, 2.05) is 32.4 Å². The predicted molar refractivity (Wildman–Crippen MR) is 86.7 cm³/mol. The van der Waals surface area contributed by atoms with Crippen LogP contribution in [0.3, 0.4) is 0 Å². The molecule has 1 aliphatic heterocycles. The second-order valence-electron chi connectivity index (χ2n) is 7.13. The molecule has 0 saturated carbocycles. The number of ether oxygens (including phenoxy) is 1. The van der Waals surface area contributed by atoms with Crippen LogP contribution < -0.4 is 0 Å². The summed E-state index contributed by atoms with van der Waals surface area (Å²) in [7, 11) is 1.91. The number of likely N-dealkylation sites (tertiary alicyclic amines) is 1. The summed E-state index contributed by atoms with van der Waals surface area (Å²) in [4.78, 5) is 30.7. The number of aromatic nitrogens is 2. The van der Waals surface area contributed by atoms with E-state index in [1.165, 1.54) is 0 Å². The molecular weight excluding hydrogens is 294 g/mol. The fourth-order valence-electron chi connectivity index (χ4n) is 2.85. The van der Waals surface area contributed by atoms with Gasteiger partial charge in [0.1, 0.15) is 11.6 Å². The van der Waals surface area contributed by atoms with E-state index in [9.17, 15) is 9.59 Å². The minimum Gasteiger partial charge on any atom is -0.458 e. The summed E-state index contributed by atoms with van der Waals surface area (Å²) in [5.41, 5.74) is 0.488. The maximum atomic E-state index is 12.6. The largest absolute Gasteiger partial charge is 0.458 e. The number of piperidine rings is 1. The number of esters is 1. The Morgan fingerprint density at radius 1 is 1.35 bits per heavy atom. The molecule has 0 bridgehead atoms. The van der Waals surface area contributed by atoms with E-state index in [0.29, 0.717) is 25.8 Å². The number of hydrogen-bond donors (Lipinski definition) is 0. The van der Waals surface area contributed by atoms with Crippen LogP contribution in [-0.2, 0) is 27.8 Å². The Hall–Kier alpha value is -1.85. The zero-order valence-electron chi connectivity index (χ0n) is 14.5. The minimum atomic E-state index is -0.530. The van der Waals surface area contributed by atoms with Gasteiger partial charge in [-0.2, -0.15) is 0 Å². The average Bonchev–Trinajstić information content (AvgIpc) is 2.88. The first kappa shape index (κ1) is 17.5. The molecule has 1 fully saturated rings. The van der Waals surface area contributed by atoms with E-state index in [1.54, 1.807) is 17.4 Å². The molecule has 0 spiro atoms. The molecule has 0 unspecified atom stereocenters. The number of amides is 1. The number of carbonyl (C=O) groups excluding carboxylic acids is 2. The van der Waals surface area contributed by atoms with E-state index in [-0.39, 0.29) is 11.9 Å². The molecule has 6 nitrogen and oxygen atoms in total. The topological polar surface area (TPSA) is 64.4 Å². The predicted octanol–water partition coefficient (Wildman–Crippen LogP) is 2.08. The minimum absolute atomic E-state index is 0.0155. The van der Waals surface area contributed by atoms with Crippen molar-refractivity contribution < 1.29 is 14.3 Å². The van der Waals surface area contributed by atoms with Gasteiger partial charge in [0.25, 0.3) is 0 Å². The molecule has 1 saturated heterocycles. The van der Waals surface area contributed by atoms with Crippen molar-refractivity contribution in [1.82, 2.24) is 14.5 Å². The van der Waals surface area contributed by atoms with Gasteiger partial charge in [-0.1, -0.05) is 0 Å². The zero-order chi connectivity index (χ0) is 17.0. The van der Waals surface area contributed by atoms with Gasteiger partial charge in [0.05, 0.1) is 6.33 Å². The van der Waals surface area contributed by atoms with Gasteiger partial charge >= 0.3 is 5.97 Å². The summed E-state index contributed by atoms with van der Waals surface area (Å²) in [5.74, 6) is -0.271. The Kier molecular flexibility index (Phi) is 5.44. The van der Waals surface area contributed by atoms with Gasteiger partial charge in [0.15, 0.2) is 0 Å². The summed E-state index contributed by atoms with van der Waals surface area (Å²) in [5, 5.41) is 0. The molecule has 1 atom stereocenters. The van der Waals surface area contributed by atoms with E-state index < -0.39 is 11.6 Å². The summed E-state index contributed by atoms with van der Waals surface area (Å²) >= 11 is 0. The molecule has 1 aliphatic rings. The summed E-state index contributed by atoms with van der Waals surface area (Å²) < 4.78 is 7.39. The molecule has 0 aromatic carbocycles. The van der Waals surface area contributed by atoms with Gasteiger partial charge in [-0.05, 0) is 46.5 Å². The Morgan fingerprint density at radius 2 is 2.09 bits per heavy atom. The highest BCUT2D eigenvalue weighted by Gasteiger charge is 2.34. The highest BCUT2D eigenvalue weighted by atomic mass is 16.6. The fourth-order valence-corrected chi connectivity index (χ4v) is 2.85. The van der Waals surface area contributed by atoms with Crippen LogP contribution in [0.15, 0.2) is 12.5 Å². The van der Waals surface area contributed by atoms with Crippen molar-refractivity contribution in [2.75, 3.05) is 6.54 Å². The highest BCUT2D eigenvalue weighted by Crippen LogP contribution is 2.22. The van der Waals surface area contributed by atoms with Crippen LogP contribution in [0.1, 0.15) is 52.1 Å². The number of aryl methyl sites for hydroxylation is 2. The van der Waals surface area contributed by atoms with Gasteiger partial charge in [-0.25, -0.2) is 9.78 Å². The normalized spacial score (nSPS) is 18.8. The fraction of sp³-hybridized carbons (Fsp3) is 0.706. The number of hydrogen-bond acceptors (Lipinski definition) is 4. The molecule has 0 radical (unpaired) electrons. The Bertz CT molecular complexity index is 560. The molecule has 128 valence electrons. The molecule has 0 N–H and O–H groups in total. The highest BCUT2D eigenvalue weighted by molar-refractivity contribution is 5.85. The van der Waals surface area contributed by atoms with Crippen molar-refractivity contribution >= 4 is 11.9 Å². The van der Waals surface area contributed by atoms with Crippen molar-refractivity contribution in [3.63, 3.8) is 0 Å². The first-order valence-corrected chi connectivity index (χ1v) is 8.25. The zero-order valence-corrected chi connectivity index (χ0v) is 14.5. The van der Waals surface area contributed by atoms with E-state index in [0.717, 1.165) is 18.5 Å². The Balaban J connectivity index is 1.98. The van der Waals surface area contributed by atoms with Crippen LogP contribution >= 0.6 is 0 Å². The molecule has 1 aromatic heterocycles. The van der Waals surface area contributed by atoms with Crippen molar-refractivity contribution in [2.24, 2.45) is 7.05 Å². The van der Waals surface area contributed by atoms with Crippen LogP contribution in [0.5, 0.6) is 0 Å². The molecule has 0 aliphatic carbocycles. The lowest BCUT2D eigenvalue weighted by atomic mass is 10.0. The number of nitrogens with zero attached hydrogens (tertiary/aromatic N) is 3. The smallest absolute Gasteiger partial charge is 0.329 e. The first-order valence-electron chi connectivity index (χ1n) is 8.25. The second-order valence-corrected chi connectivity index (χ2v) is 7.13. The van der Waals surface area contributed by atoms with E-state index in [4.69, 9.17) is 4.74 Å². The van der Waals surface area contributed by atoms with E-state index in [2.05, 4.69) is 4.98 Å². The molecule has 2 heterocycles. The van der Waals surface area contributed by atoms with Crippen LogP contribution in [0.4, 0.5) is 0 Å².